The maximum atomic E-state index is 11.2. The second kappa shape index (κ2) is 15.6. The van der Waals surface area contributed by atoms with Crippen molar-refractivity contribution in [1.29, 1.82) is 0 Å². The third-order valence-electron chi connectivity index (χ3n) is 6.11. The fourth-order valence-electron chi connectivity index (χ4n) is 4.15. The number of hydrogen-bond donors (Lipinski definition) is 5. The number of carbonyl (C=O) groups excluding carboxylic acids is 4. The first kappa shape index (κ1) is 35.6. The van der Waals surface area contributed by atoms with Gasteiger partial charge in [0.15, 0.2) is 0 Å². The molecule has 0 aliphatic carbocycles. The molecule has 16 nitrogen and oxygen atoms in total. The molecular weight excluding hydrogens is 560 g/mol. The van der Waals surface area contributed by atoms with Gasteiger partial charge >= 0.3 is 11.9 Å². The Morgan fingerprint density at radius 3 is 1.48 bits per heavy atom. The Labute approximate surface area is 232 Å². The molecule has 10 atom stereocenters. The van der Waals surface area contributed by atoms with Crippen LogP contribution in [0.2, 0.25) is 0 Å². The summed E-state index contributed by atoms with van der Waals surface area (Å²) < 4.78 is 47.3. The van der Waals surface area contributed by atoms with E-state index in [1.165, 1.54) is 27.7 Å². The van der Waals surface area contributed by atoms with Crippen molar-refractivity contribution < 1.29 is 66.0 Å². The van der Waals surface area contributed by atoms with Gasteiger partial charge in [0.25, 0.3) is 10.1 Å². The largest absolute Gasteiger partial charge is 0.434 e. The molecule has 0 saturated carbocycles. The number of aliphatic hydroxyl groups excluding tert-OH is 3. The predicted molar refractivity (Wildman–Crippen MR) is 134 cm³/mol. The minimum atomic E-state index is -3.71. The Morgan fingerprint density at radius 2 is 1.15 bits per heavy atom. The molecule has 40 heavy (non-hydrogen) atoms. The monoisotopic (exact) mass is 600 g/mol. The Kier molecular flexibility index (Phi) is 13.8. The van der Waals surface area contributed by atoms with Gasteiger partial charge in [-0.3, -0.25) is 23.4 Å². The van der Waals surface area contributed by atoms with E-state index in [0.717, 1.165) is 6.26 Å². The topological polar surface area (TPSA) is 233 Å². The summed E-state index contributed by atoms with van der Waals surface area (Å²) in [6, 6.07) is -1.41. The van der Waals surface area contributed by atoms with E-state index in [9.17, 15) is 37.8 Å². The molecule has 0 aromatic heterocycles. The van der Waals surface area contributed by atoms with Crippen LogP contribution < -0.4 is 10.6 Å². The molecule has 2 aliphatic rings. The van der Waals surface area contributed by atoms with Crippen molar-refractivity contribution in [3.63, 3.8) is 0 Å². The number of hydrogen-bond acceptors (Lipinski definition) is 14. The number of amides is 2. The van der Waals surface area contributed by atoms with Crippen molar-refractivity contribution in [2.45, 2.75) is 90.6 Å². The second-order valence-corrected chi connectivity index (χ2v) is 11.3. The number of carbonyl (C=O) groups is 4. The number of esters is 2. The van der Waals surface area contributed by atoms with E-state index >= 15 is 0 Å². The molecule has 232 valence electrons. The standard InChI is InChI=1S/C12H21NO8S.C11H19NO6/c1-6-10(13-7(2)14)12(20-8(3)15)21-9(11(6)16)5-19-22(4,17)18;1-5-9(12-6(2)14)11(17-7(3)15)18-8(4-13)10(5)16/h6,9-12,16H,5H2,1-4H3,(H,13,14);5,8-11,13,16H,4H2,1-3H3,(H,12,14). The molecule has 17 heteroatoms. The zero-order valence-electron chi connectivity index (χ0n) is 23.4. The molecule has 0 bridgehead atoms. The fraction of sp³-hybridized carbons (Fsp3) is 0.826. The highest BCUT2D eigenvalue weighted by Crippen LogP contribution is 2.28. The SMILES string of the molecule is CC(=O)NC1C(OC(C)=O)OC(CO)C(O)C1C.CC(=O)NC1C(OC(C)=O)OC(COS(C)(=O)=O)C(O)C1C. The van der Waals surface area contributed by atoms with Crippen LogP contribution in [0.4, 0.5) is 0 Å². The van der Waals surface area contributed by atoms with E-state index in [2.05, 4.69) is 14.8 Å². The Bertz CT molecular complexity index is 992. The summed E-state index contributed by atoms with van der Waals surface area (Å²) in [4.78, 5) is 44.5. The van der Waals surface area contributed by atoms with E-state index in [0.29, 0.717) is 0 Å². The minimum Gasteiger partial charge on any atom is -0.434 e. The third-order valence-corrected chi connectivity index (χ3v) is 6.67. The van der Waals surface area contributed by atoms with Crippen LogP contribution >= 0.6 is 0 Å². The van der Waals surface area contributed by atoms with Crippen LogP contribution in [0.15, 0.2) is 0 Å². The smallest absolute Gasteiger partial charge is 0.305 e. The van der Waals surface area contributed by atoms with Crippen molar-refractivity contribution in [2.75, 3.05) is 19.5 Å². The lowest BCUT2D eigenvalue weighted by Crippen LogP contribution is -2.61. The fourth-order valence-corrected chi connectivity index (χ4v) is 4.53. The molecule has 2 fully saturated rings. The van der Waals surface area contributed by atoms with Crippen LogP contribution in [0.1, 0.15) is 41.5 Å². The minimum absolute atomic E-state index is 0.317. The van der Waals surface area contributed by atoms with Gasteiger partial charge in [0.05, 0.1) is 43.8 Å². The highest BCUT2D eigenvalue weighted by Gasteiger charge is 2.46. The van der Waals surface area contributed by atoms with Gasteiger partial charge in [-0.25, -0.2) is 0 Å². The molecule has 10 unspecified atom stereocenters. The van der Waals surface area contributed by atoms with E-state index < -0.39 is 96.2 Å². The first-order valence-electron chi connectivity index (χ1n) is 12.4. The summed E-state index contributed by atoms with van der Waals surface area (Å²) in [5.74, 6) is -2.85. The molecule has 2 heterocycles. The zero-order valence-corrected chi connectivity index (χ0v) is 24.2. The van der Waals surface area contributed by atoms with Crippen molar-refractivity contribution in [1.82, 2.24) is 10.6 Å². The van der Waals surface area contributed by atoms with Crippen molar-refractivity contribution in [3.8, 4) is 0 Å². The van der Waals surface area contributed by atoms with Crippen molar-refractivity contribution in [2.24, 2.45) is 11.8 Å². The van der Waals surface area contributed by atoms with Gasteiger partial charge in [-0.2, -0.15) is 8.42 Å². The summed E-state index contributed by atoms with van der Waals surface area (Å²) in [5, 5.41) is 34.3. The van der Waals surface area contributed by atoms with Crippen molar-refractivity contribution >= 4 is 33.9 Å². The average molecular weight is 601 g/mol. The molecular formula is C23H40N2O14S. The third kappa shape index (κ3) is 11.2. The molecule has 2 amide bonds. The summed E-state index contributed by atoms with van der Waals surface area (Å²) in [5.41, 5.74) is 0. The maximum absolute atomic E-state index is 11.2. The van der Waals surface area contributed by atoms with Gasteiger partial charge in [-0.05, 0) is 0 Å². The Balaban J connectivity index is 0.000000408. The quantitative estimate of drug-likeness (QED) is 0.143. The van der Waals surface area contributed by atoms with E-state index in [4.69, 9.17) is 24.1 Å². The highest BCUT2D eigenvalue weighted by molar-refractivity contribution is 7.85. The molecule has 2 saturated heterocycles. The van der Waals surface area contributed by atoms with E-state index in [1.54, 1.807) is 13.8 Å². The highest BCUT2D eigenvalue weighted by atomic mass is 32.2. The van der Waals surface area contributed by atoms with Crippen LogP contribution in [-0.4, -0.2) is 116 Å². The van der Waals surface area contributed by atoms with Crippen LogP contribution in [0, 0.1) is 11.8 Å². The number of ether oxygens (including phenoxy) is 4. The zero-order chi connectivity index (χ0) is 30.9. The summed E-state index contributed by atoms with van der Waals surface area (Å²) >= 11 is 0. The molecule has 2 rings (SSSR count). The average Bonchev–Trinajstić information content (AvgIpc) is 2.81. The van der Waals surface area contributed by atoms with Gasteiger partial charge in [-0.1, -0.05) is 13.8 Å². The summed E-state index contributed by atoms with van der Waals surface area (Å²) in [6.07, 6.45) is -5.19. The second-order valence-electron chi connectivity index (χ2n) is 9.63. The van der Waals surface area contributed by atoms with Crippen molar-refractivity contribution in [3.05, 3.63) is 0 Å². The molecule has 0 spiro atoms. The maximum Gasteiger partial charge on any atom is 0.305 e. The lowest BCUT2D eigenvalue weighted by atomic mass is 9.89. The molecule has 0 radical (unpaired) electrons. The van der Waals surface area contributed by atoms with Gasteiger partial charge in [0.2, 0.25) is 24.4 Å². The number of aliphatic hydroxyl groups is 3. The summed E-state index contributed by atoms with van der Waals surface area (Å²) in [7, 11) is -3.71. The van der Waals surface area contributed by atoms with Crippen LogP contribution in [-0.2, 0) is 52.4 Å². The van der Waals surface area contributed by atoms with E-state index in [1.807, 2.05) is 0 Å². The number of nitrogens with one attached hydrogen (secondary N) is 2. The first-order valence-corrected chi connectivity index (χ1v) is 14.2. The van der Waals surface area contributed by atoms with Gasteiger partial charge < -0.3 is 44.9 Å². The van der Waals surface area contributed by atoms with Crippen LogP contribution in [0.25, 0.3) is 0 Å². The normalized spacial score (nSPS) is 34.0. The molecule has 0 aromatic rings. The Hall–Kier alpha value is -2.41. The Morgan fingerprint density at radius 1 is 0.775 bits per heavy atom. The van der Waals surface area contributed by atoms with Gasteiger partial charge in [0, 0.05) is 39.5 Å². The van der Waals surface area contributed by atoms with Crippen LogP contribution in [0.3, 0.4) is 0 Å². The van der Waals surface area contributed by atoms with Gasteiger partial charge in [0.1, 0.15) is 12.2 Å². The van der Waals surface area contributed by atoms with Crippen LogP contribution in [0.5, 0.6) is 0 Å². The molecule has 2 aliphatic heterocycles. The van der Waals surface area contributed by atoms with Gasteiger partial charge in [-0.15, -0.1) is 0 Å². The molecule has 0 aromatic carbocycles. The van der Waals surface area contributed by atoms with E-state index in [-0.39, 0.29) is 11.8 Å². The first-order chi connectivity index (χ1) is 18.4. The predicted octanol–water partition coefficient (Wildman–Crippen LogP) is -2.48. The molecule has 5 N–H and O–H groups in total. The lowest BCUT2D eigenvalue weighted by molar-refractivity contribution is -0.250. The number of rotatable bonds is 8. The lowest BCUT2D eigenvalue weighted by Gasteiger charge is -2.42. The summed E-state index contributed by atoms with van der Waals surface area (Å²) in [6.45, 7) is 7.49.